The monoisotopic (exact) mass is 166 g/mol. The van der Waals surface area contributed by atoms with Gasteiger partial charge in [-0.1, -0.05) is 17.4 Å². The highest BCUT2D eigenvalue weighted by Gasteiger charge is 1.90. The van der Waals surface area contributed by atoms with E-state index in [-0.39, 0.29) is 0 Å². The van der Waals surface area contributed by atoms with Crippen LogP contribution >= 0.6 is 0 Å². The molecule has 0 saturated heterocycles. The van der Waals surface area contributed by atoms with Gasteiger partial charge in [-0.25, -0.2) is 0 Å². The second-order valence-corrected chi connectivity index (χ2v) is 2.80. The van der Waals surface area contributed by atoms with Crippen LogP contribution in [0, 0.1) is 0 Å². The van der Waals surface area contributed by atoms with Crippen LogP contribution < -0.4 is 5.32 Å². The first-order chi connectivity index (χ1) is 5.79. The van der Waals surface area contributed by atoms with Gasteiger partial charge in [0, 0.05) is 19.3 Å². The molecule has 0 aliphatic carbocycles. The van der Waals surface area contributed by atoms with E-state index in [9.17, 15) is 0 Å². The van der Waals surface area contributed by atoms with Crippen molar-refractivity contribution in [1.29, 1.82) is 0 Å². The van der Waals surface area contributed by atoms with Gasteiger partial charge in [0.05, 0.1) is 12.7 Å². The Hall–Kier alpha value is -1.16. The summed E-state index contributed by atoms with van der Waals surface area (Å²) in [5.74, 6) is 0. The molecule has 12 heavy (non-hydrogen) atoms. The number of rotatable bonds is 5. The Morgan fingerprint density at radius 2 is 2.50 bits per heavy atom. The summed E-state index contributed by atoms with van der Waals surface area (Å²) in [4.78, 5) is 0. The second kappa shape index (κ2) is 4.66. The molecule has 1 aromatic heterocycles. The van der Waals surface area contributed by atoms with Gasteiger partial charge in [-0.3, -0.25) is 4.68 Å². The summed E-state index contributed by atoms with van der Waals surface area (Å²) in [6, 6.07) is 0. The summed E-state index contributed by atoms with van der Waals surface area (Å²) in [6.07, 6.45) is 3.53. The average Bonchev–Trinajstić information content (AvgIpc) is 2.49. The van der Waals surface area contributed by atoms with Gasteiger partial charge in [0.15, 0.2) is 0 Å². The van der Waals surface area contributed by atoms with Crippen molar-refractivity contribution >= 4 is 0 Å². The van der Waals surface area contributed by atoms with Crippen LogP contribution in [0.1, 0.15) is 6.92 Å². The van der Waals surface area contributed by atoms with Gasteiger partial charge in [0.25, 0.3) is 0 Å². The Morgan fingerprint density at radius 1 is 1.67 bits per heavy atom. The molecule has 0 aliphatic heterocycles. The van der Waals surface area contributed by atoms with Crippen molar-refractivity contribution in [2.75, 3.05) is 13.1 Å². The molecule has 0 aliphatic rings. The standard InChI is InChI=1S/C8H14N4/c1-8(2)7-9-3-5-12-6-4-10-11-12/h4,6,9H,1,3,5,7H2,2H3. The van der Waals surface area contributed by atoms with Gasteiger partial charge in [0.1, 0.15) is 0 Å². The minimum absolute atomic E-state index is 0.854. The third-order valence-electron chi connectivity index (χ3n) is 1.42. The number of hydrogen-bond donors (Lipinski definition) is 1. The van der Waals surface area contributed by atoms with Crippen LogP contribution in [0.15, 0.2) is 24.5 Å². The molecule has 1 aromatic rings. The Bertz CT molecular complexity index is 227. The molecule has 1 rings (SSSR count). The quantitative estimate of drug-likeness (QED) is 0.510. The van der Waals surface area contributed by atoms with Crippen molar-refractivity contribution in [2.24, 2.45) is 0 Å². The lowest BCUT2D eigenvalue weighted by atomic mass is 10.3. The lowest BCUT2D eigenvalue weighted by Gasteiger charge is -2.02. The normalized spacial score (nSPS) is 10.1. The van der Waals surface area contributed by atoms with Crippen LogP contribution in [0.2, 0.25) is 0 Å². The molecule has 0 amide bonds. The van der Waals surface area contributed by atoms with Crippen LogP contribution in [-0.4, -0.2) is 28.1 Å². The number of nitrogens with one attached hydrogen (secondary N) is 1. The molecule has 0 fully saturated rings. The molecule has 0 unspecified atom stereocenters. The van der Waals surface area contributed by atoms with Crippen molar-refractivity contribution < 1.29 is 0 Å². The van der Waals surface area contributed by atoms with Crippen LogP contribution in [0.25, 0.3) is 0 Å². The van der Waals surface area contributed by atoms with Crippen molar-refractivity contribution in [3.63, 3.8) is 0 Å². The Kier molecular flexibility index (Phi) is 3.47. The lowest BCUT2D eigenvalue weighted by Crippen LogP contribution is -2.21. The molecule has 4 heteroatoms. The van der Waals surface area contributed by atoms with Crippen LogP contribution in [0.5, 0.6) is 0 Å². The summed E-state index contributed by atoms with van der Waals surface area (Å²) in [5, 5.41) is 10.8. The largest absolute Gasteiger partial charge is 0.311 e. The SMILES string of the molecule is C=C(C)CNCCn1ccnn1. The summed E-state index contributed by atoms with van der Waals surface area (Å²) < 4.78 is 1.80. The van der Waals surface area contributed by atoms with Gasteiger partial charge in [-0.05, 0) is 6.92 Å². The molecular weight excluding hydrogens is 152 g/mol. The molecule has 4 nitrogen and oxygen atoms in total. The summed E-state index contributed by atoms with van der Waals surface area (Å²) in [6.45, 7) is 8.42. The number of hydrogen-bond acceptors (Lipinski definition) is 3. The van der Waals surface area contributed by atoms with Crippen LogP contribution in [-0.2, 0) is 6.54 Å². The first-order valence-electron chi connectivity index (χ1n) is 3.98. The zero-order valence-corrected chi connectivity index (χ0v) is 7.32. The highest BCUT2D eigenvalue weighted by molar-refractivity contribution is 4.90. The van der Waals surface area contributed by atoms with E-state index in [2.05, 4.69) is 22.2 Å². The predicted molar refractivity (Wildman–Crippen MR) is 47.7 cm³/mol. The Balaban J connectivity index is 2.07. The molecule has 0 saturated carbocycles. The first-order valence-corrected chi connectivity index (χ1v) is 3.98. The average molecular weight is 166 g/mol. The van der Waals surface area contributed by atoms with E-state index in [0.717, 1.165) is 25.2 Å². The fraction of sp³-hybridized carbons (Fsp3) is 0.500. The topological polar surface area (TPSA) is 42.7 Å². The highest BCUT2D eigenvalue weighted by Crippen LogP contribution is 1.82. The maximum Gasteiger partial charge on any atom is 0.0692 e. The fourth-order valence-electron chi connectivity index (χ4n) is 0.847. The number of aromatic nitrogens is 3. The summed E-state index contributed by atoms with van der Waals surface area (Å²) in [7, 11) is 0. The zero-order chi connectivity index (χ0) is 8.81. The van der Waals surface area contributed by atoms with Crippen molar-refractivity contribution in [3.05, 3.63) is 24.5 Å². The summed E-state index contributed by atoms with van der Waals surface area (Å²) in [5.41, 5.74) is 1.15. The molecular formula is C8H14N4. The van der Waals surface area contributed by atoms with Crippen molar-refractivity contribution in [1.82, 2.24) is 20.3 Å². The number of nitrogens with zero attached hydrogens (tertiary/aromatic N) is 3. The second-order valence-electron chi connectivity index (χ2n) is 2.80. The summed E-state index contributed by atoms with van der Waals surface area (Å²) >= 11 is 0. The van der Waals surface area contributed by atoms with E-state index in [0.29, 0.717) is 0 Å². The predicted octanol–water partition coefficient (Wildman–Crippen LogP) is 0.444. The molecule has 1 heterocycles. The van der Waals surface area contributed by atoms with Gasteiger partial charge in [-0.15, -0.1) is 5.10 Å². The van der Waals surface area contributed by atoms with E-state index in [1.807, 2.05) is 13.1 Å². The Morgan fingerprint density at radius 3 is 3.08 bits per heavy atom. The molecule has 0 aromatic carbocycles. The van der Waals surface area contributed by atoms with Gasteiger partial charge in [0.2, 0.25) is 0 Å². The van der Waals surface area contributed by atoms with E-state index < -0.39 is 0 Å². The van der Waals surface area contributed by atoms with Gasteiger partial charge in [-0.2, -0.15) is 0 Å². The molecule has 0 atom stereocenters. The molecule has 0 radical (unpaired) electrons. The van der Waals surface area contributed by atoms with Gasteiger partial charge < -0.3 is 5.32 Å². The maximum absolute atomic E-state index is 3.84. The van der Waals surface area contributed by atoms with E-state index in [1.165, 1.54) is 0 Å². The lowest BCUT2D eigenvalue weighted by molar-refractivity contribution is 0.552. The zero-order valence-electron chi connectivity index (χ0n) is 7.32. The van der Waals surface area contributed by atoms with E-state index in [4.69, 9.17) is 0 Å². The minimum Gasteiger partial charge on any atom is -0.311 e. The van der Waals surface area contributed by atoms with E-state index >= 15 is 0 Å². The Labute approximate surface area is 72.3 Å². The van der Waals surface area contributed by atoms with Crippen LogP contribution in [0.3, 0.4) is 0 Å². The first kappa shape index (κ1) is 8.93. The van der Waals surface area contributed by atoms with Crippen molar-refractivity contribution in [2.45, 2.75) is 13.5 Å². The highest BCUT2D eigenvalue weighted by atomic mass is 15.4. The maximum atomic E-state index is 3.84. The molecule has 1 N–H and O–H groups in total. The third kappa shape index (κ3) is 3.30. The fourth-order valence-corrected chi connectivity index (χ4v) is 0.847. The van der Waals surface area contributed by atoms with Gasteiger partial charge >= 0.3 is 0 Å². The van der Waals surface area contributed by atoms with Crippen molar-refractivity contribution in [3.8, 4) is 0 Å². The third-order valence-corrected chi connectivity index (χ3v) is 1.42. The molecule has 0 spiro atoms. The molecule has 0 bridgehead atoms. The van der Waals surface area contributed by atoms with Crippen LogP contribution in [0.4, 0.5) is 0 Å². The van der Waals surface area contributed by atoms with E-state index in [1.54, 1.807) is 10.9 Å². The smallest absolute Gasteiger partial charge is 0.0692 e. The minimum atomic E-state index is 0.854. The molecule has 66 valence electrons.